The van der Waals surface area contributed by atoms with E-state index < -0.39 is 0 Å². The minimum atomic E-state index is 0.543. The third kappa shape index (κ3) is 6.87. The van der Waals surface area contributed by atoms with Gasteiger partial charge in [-0.3, -0.25) is 4.99 Å². The fourth-order valence-corrected chi connectivity index (χ4v) is 4.31. The predicted molar refractivity (Wildman–Crippen MR) is 112 cm³/mol. The van der Waals surface area contributed by atoms with E-state index >= 15 is 0 Å². The lowest BCUT2D eigenvalue weighted by atomic mass is 9.92. The van der Waals surface area contributed by atoms with Crippen LogP contribution in [-0.2, 0) is 6.42 Å². The number of piperidine rings is 1. The second-order valence-corrected chi connectivity index (χ2v) is 8.09. The largest absolute Gasteiger partial charge is 0.469 e. The average Bonchev–Trinajstić information content (AvgIpc) is 3.23. The van der Waals surface area contributed by atoms with Gasteiger partial charge in [0.1, 0.15) is 5.76 Å². The molecule has 2 N–H and O–H groups in total. The van der Waals surface area contributed by atoms with Crippen LogP contribution in [-0.4, -0.2) is 49.1 Å². The zero-order valence-electron chi connectivity index (χ0n) is 17.1. The summed E-state index contributed by atoms with van der Waals surface area (Å²) in [4.78, 5) is 7.53. The highest BCUT2D eigenvalue weighted by atomic mass is 16.3. The maximum Gasteiger partial charge on any atom is 0.191 e. The van der Waals surface area contributed by atoms with Gasteiger partial charge in [-0.15, -0.1) is 0 Å². The van der Waals surface area contributed by atoms with Gasteiger partial charge in [0.2, 0.25) is 0 Å². The van der Waals surface area contributed by atoms with Crippen LogP contribution >= 0.6 is 0 Å². The number of furan rings is 1. The number of guanidine groups is 1. The smallest absolute Gasteiger partial charge is 0.191 e. The number of hydrogen-bond donors (Lipinski definition) is 2. The summed E-state index contributed by atoms with van der Waals surface area (Å²) in [5.41, 5.74) is 0. The molecule has 1 aromatic heterocycles. The van der Waals surface area contributed by atoms with Gasteiger partial charge in [-0.25, -0.2) is 0 Å². The molecule has 5 nitrogen and oxygen atoms in total. The lowest BCUT2D eigenvalue weighted by Crippen LogP contribution is -2.51. The molecule has 0 radical (unpaired) electrons. The molecule has 0 aromatic carbocycles. The zero-order valence-corrected chi connectivity index (χ0v) is 17.1. The van der Waals surface area contributed by atoms with Gasteiger partial charge in [0, 0.05) is 44.7 Å². The van der Waals surface area contributed by atoms with Gasteiger partial charge in [0.25, 0.3) is 0 Å². The van der Waals surface area contributed by atoms with Crippen molar-refractivity contribution in [2.45, 2.75) is 83.2 Å². The molecular formula is C22H38N4O. The van der Waals surface area contributed by atoms with Crippen molar-refractivity contribution in [3.05, 3.63) is 24.2 Å². The van der Waals surface area contributed by atoms with Crippen LogP contribution in [0.3, 0.4) is 0 Å². The van der Waals surface area contributed by atoms with Gasteiger partial charge in [0.15, 0.2) is 5.96 Å². The monoisotopic (exact) mass is 374 g/mol. The number of nitrogens with one attached hydrogen (secondary N) is 2. The van der Waals surface area contributed by atoms with Gasteiger partial charge < -0.3 is 20.0 Å². The summed E-state index contributed by atoms with van der Waals surface area (Å²) in [6.45, 7) is 6.43. The number of unbranched alkanes of at least 4 members (excludes halogenated alkanes) is 1. The van der Waals surface area contributed by atoms with Crippen molar-refractivity contribution in [1.82, 2.24) is 15.5 Å². The fraction of sp³-hybridized carbons (Fsp3) is 0.773. The van der Waals surface area contributed by atoms with Gasteiger partial charge in [-0.2, -0.15) is 0 Å². The van der Waals surface area contributed by atoms with Crippen LogP contribution in [0.1, 0.15) is 70.5 Å². The molecule has 1 aliphatic heterocycles. The molecule has 3 rings (SSSR count). The lowest BCUT2D eigenvalue weighted by molar-refractivity contribution is 0.119. The number of rotatable bonds is 8. The van der Waals surface area contributed by atoms with Crippen molar-refractivity contribution < 1.29 is 4.42 Å². The Balaban J connectivity index is 1.43. The van der Waals surface area contributed by atoms with Crippen LogP contribution in [0.15, 0.2) is 27.8 Å². The van der Waals surface area contributed by atoms with Gasteiger partial charge in [0.05, 0.1) is 6.26 Å². The van der Waals surface area contributed by atoms with Gasteiger partial charge in [-0.05, 0) is 44.2 Å². The Kier molecular flexibility index (Phi) is 8.53. The molecule has 0 amide bonds. The van der Waals surface area contributed by atoms with E-state index in [4.69, 9.17) is 9.41 Å². The minimum Gasteiger partial charge on any atom is -0.469 e. The van der Waals surface area contributed by atoms with Crippen molar-refractivity contribution in [2.24, 2.45) is 4.99 Å². The summed E-state index contributed by atoms with van der Waals surface area (Å²) < 4.78 is 5.43. The van der Waals surface area contributed by atoms with Crippen molar-refractivity contribution in [3.8, 4) is 0 Å². The molecule has 2 aliphatic rings. The summed E-state index contributed by atoms with van der Waals surface area (Å²) >= 11 is 0. The third-order valence-electron chi connectivity index (χ3n) is 5.99. The van der Waals surface area contributed by atoms with E-state index in [-0.39, 0.29) is 0 Å². The number of aliphatic imine (C=N–C) groups is 1. The van der Waals surface area contributed by atoms with Crippen LogP contribution in [0.25, 0.3) is 0 Å². The van der Waals surface area contributed by atoms with Crippen LogP contribution in [0.2, 0.25) is 0 Å². The average molecular weight is 375 g/mol. The molecule has 152 valence electrons. The Hall–Kier alpha value is -1.49. The van der Waals surface area contributed by atoms with Crippen molar-refractivity contribution >= 4 is 5.96 Å². The maximum absolute atomic E-state index is 5.43. The van der Waals surface area contributed by atoms with E-state index in [0.717, 1.165) is 43.7 Å². The van der Waals surface area contributed by atoms with Crippen LogP contribution in [0, 0.1) is 0 Å². The molecule has 0 bridgehead atoms. The Bertz CT molecular complexity index is 529. The van der Waals surface area contributed by atoms with Crippen LogP contribution in [0.4, 0.5) is 0 Å². The van der Waals surface area contributed by atoms with E-state index in [1.54, 1.807) is 6.26 Å². The maximum atomic E-state index is 5.43. The number of nitrogens with zero attached hydrogens (tertiary/aromatic N) is 2. The SMILES string of the molecule is CCCCN=C(NCCc1ccco1)NC1CCN(C2CCCCC2)CC1. The second-order valence-electron chi connectivity index (χ2n) is 8.09. The number of likely N-dealkylation sites (tertiary alicyclic amines) is 1. The Morgan fingerprint density at radius 3 is 2.70 bits per heavy atom. The van der Waals surface area contributed by atoms with Gasteiger partial charge >= 0.3 is 0 Å². The highest BCUT2D eigenvalue weighted by molar-refractivity contribution is 5.80. The first kappa shape index (κ1) is 20.2. The van der Waals surface area contributed by atoms with E-state index in [9.17, 15) is 0 Å². The molecule has 1 aromatic rings. The molecule has 0 atom stereocenters. The molecule has 0 unspecified atom stereocenters. The molecule has 27 heavy (non-hydrogen) atoms. The molecule has 2 fully saturated rings. The Morgan fingerprint density at radius 1 is 1.19 bits per heavy atom. The number of hydrogen-bond acceptors (Lipinski definition) is 3. The summed E-state index contributed by atoms with van der Waals surface area (Å²) in [6, 6.07) is 5.37. The Morgan fingerprint density at radius 2 is 2.00 bits per heavy atom. The molecular weight excluding hydrogens is 336 g/mol. The third-order valence-corrected chi connectivity index (χ3v) is 5.99. The normalized spacial score (nSPS) is 20.7. The molecule has 1 saturated carbocycles. The predicted octanol–water partition coefficient (Wildman–Crippen LogP) is 3.95. The minimum absolute atomic E-state index is 0.543. The summed E-state index contributed by atoms with van der Waals surface area (Å²) in [5.74, 6) is 2.00. The standard InChI is InChI=1S/C22H38N4O/c1-2-3-14-23-22(24-15-11-21-10-7-18-27-21)25-19-12-16-26(17-13-19)20-8-5-4-6-9-20/h7,10,18-20H,2-6,8-9,11-17H2,1H3,(H2,23,24,25). The van der Waals surface area contributed by atoms with E-state index in [2.05, 4.69) is 22.5 Å². The van der Waals surface area contributed by atoms with Gasteiger partial charge in [-0.1, -0.05) is 32.6 Å². The summed E-state index contributed by atoms with van der Waals surface area (Å²) in [7, 11) is 0. The first-order valence-electron chi connectivity index (χ1n) is 11.2. The van der Waals surface area contributed by atoms with E-state index in [1.807, 2.05) is 12.1 Å². The fourth-order valence-electron chi connectivity index (χ4n) is 4.31. The highest BCUT2D eigenvalue weighted by Gasteiger charge is 2.26. The first-order chi connectivity index (χ1) is 13.3. The molecule has 5 heteroatoms. The molecule has 1 aliphatic carbocycles. The molecule has 0 spiro atoms. The highest BCUT2D eigenvalue weighted by Crippen LogP contribution is 2.25. The van der Waals surface area contributed by atoms with E-state index in [1.165, 1.54) is 64.5 Å². The first-order valence-corrected chi connectivity index (χ1v) is 11.2. The van der Waals surface area contributed by atoms with Crippen molar-refractivity contribution in [3.63, 3.8) is 0 Å². The van der Waals surface area contributed by atoms with Crippen molar-refractivity contribution in [1.29, 1.82) is 0 Å². The van der Waals surface area contributed by atoms with Crippen LogP contribution in [0.5, 0.6) is 0 Å². The molecule has 2 heterocycles. The summed E-state index contributed by atoms with van der Waals surface area (Å²) in [5, 5.41) is 7.20. The lowest BCUT2D eigenvalue weighted by Gasteiger charge is -2.39. The van der Waals surface area contributed by atoms with E-state index in [0.29, 0.717) is 6.04 Å². The zero-order chi connectivity index (χ0) is 18.7. The van der Waals surface area contributed by atoms with Crippen LogP contribution < -0.4 is 10.6 Å². The Labute approximate surface area is 165 Å². The second kappa shape index (κ2) is 11.4. The summed E-state index contributed by atoms with van der Waals surface area (Å²) in [6.07, 6.45) is 14.5. The quantitative estimate of drug-likeness (QED) is 0.411. The van der Waals surface area contributed by atoms with Crippen molar-refractivity contribution in [2.75, 3.05) is 26.2 Å². The topological polar surface area (TPSA) is 52.8 Å². The molecule has 1 saturated heterocycles.